The maximum Gasteiger partial charge on any atom is 0.0581 e. The molecule has 0 bridgehead atoms. The summed E-state index contributed by atoms with van der Waals surface area (Å²) in [4.78, 5) is 0. The van der Waals surface area contributed by atoms with Gasteiger partial charge in [0.2, 0.25) is 0 Å². The van der Waals surface area contributed by atoms with Crippen molar-refractivity contribution in [3.05, 3.63) is 0 Å². The molecule has 1 fully saturated rings. The van der Waals surface area contributed by atoms with Crippen LogP contribution in [0.25, 0.3) is 0 Å². The Balaban J connectivity index is 2.23. The molecule has 0 radical (unpaired) electrons. The topological polar surface area (TPSA) is 9.23 Å². The zero-order valence-electron chi connectivity index (χ0n) is 7.97. The van der Waals surface area contributed by atoms with Crippen LogP contribution in [0.2, 0.25) is 0 Å². The van der Waals surface area contributed by atoms with E-state index in [4.69, 9.17) is 4.74 Å². The van der Waals surface area contributed by atoms with Gasteiger partial charge in [0.05, 0.1) is 12.2 Å². The van der Waals surface area contributed by atoms with Gasteiger partial charge in [-0.05, 0) is 32.6 Å². The van der Waals surface area contributed by atoms with Gasteiger partial charge in [-0.2, -0.15) is 0 Å². The Kier molecular flexibility index (Phi) is 3.38. The maximum absolute atomic E-state index is 5.76. The molecule has 11 heavy (non-hydrogen) atoms. The summed E-state index contributed by atoms with van der Waals surface area (Å²) in [6, 6.07) is 0. The van der Waals surface area contributed by atoms with Crippen molar-refractivity contribution in [2.75, 3.05) is 0 Å². The first-order valence-electron chi connectivity index (χ1n) is 4.84. The molecule has 0 aliphatic heterocycles. The second-order valence-corrected chi connectivity index (χ2v) is 4.08. The van der Waals surface area contributed by atoms with Gasteiger partial charge < -0.3 is 4.74 Å². The highest BCUT2D eigenvalue weighted by Gasteiger charge is 2.19. The minimum absolute atomic E-state index is 0.408. The van der Waals surface area contributed by atoms with Crippen LogP contribution in [0.3, 0.4) is 0 Å². The minimum Gasteiger partial charge on any atom is -0.376 e. The highest BCUT2D eigenvalue weighted by atomic mass is 16.5. The molecule has 0 aromatic heterocycles. The van der Waals surface area contributed by atoms with E-state index in [0.717, 1.165) is 5.92 Å². The first-order chi connectivity index (χ1) is 5.18. The van der Waals surface area contributed by atoms with Crippen molar-refractivity contribution in [2.45, 2.75) is 58.7 Å². The van der Waals surface area contributed by atoms with Gasteiger partial charge in [0.1, 0.15) is 0 Å². The maximum atomic E-state index is 5.76. The smallest absolute Gasteiger partial charge is 0.0581 e. The third kappa shape index (κ3) is 3.24. The van der Waals surface area contributed by atoms with Crippen LogP contribution in [0.1, 0.15) is 46.5 Å². The predicted octanol–water partition coefficient (Wildman–Crippen LogP) is 2.99. The number of hydrogen-bond donors (Lipinski definition) is 0. The fourth-order valence-electron chi connectivity index (χ4n) is 1.89. The van der Waals surface area contributed by atoms with E-state index in [1.807, 2.05) is 0 Å². The third-order valence-electron chi connectivity index (χ3n) is 2.35. The van der Waals surface area contributed by atoms with Crippen LogP contribution in [0.5, 0.6) is 0 Å². The lowest BCUT2D eigenvalue weighted by molar-refractivity contribution is -0.0218. The monoisotopic (exact) mass is 156 g/mol. The Morgan fingerprint density at radius 1 is 1.27 bits per heavy atom. The summed E-state index contributed by atoms with van der Waals surface area (Å²) in [5.41, 5.74) is 0. The molecule has 1 nitrogen and oxygen atoms in total. The van der Waals surface area contributed by atoms with E-state index >= 15 is 0 Å². The third-order valence-corrected chi connectivity index (χ3v) is 2.35. The van der Waals surface area contributed by atoms with Crippen LogP contribution in [-0.4, -0.2) is 12.2 Å². The zero-order chi connectivity index (χ0) is 8.27. The average Bonchev–Trinajstić information content (AvgIpc) is 1.85. The van der Waals surface area contributed by atoms with Crippen molar-refractivity contribution in [2.24, 2.45) is 5.92 Å². The second-order valence-electron chi connectivity index (χ2n) is 4.08. The first-order valence-corrected chi connectivity index (χ1v) is 4.84. The van der Waals surface area contributed by atoms with Crippen molar-refractivity contribution in [1.29, 1.82) is 0 Å². The molecule has 1 rings (SSSR count). The standard InChI is InChI=1S/C10H20O/c1-8(2)11-10-6-4-5-9(3)7-10/h8-10H,4-7H2,1-3H3/t9-,10+/m0/s1. The van der Waals surface area contributed by atoms with E-state index in [2.05, 4.69) is 20.8 Å². The minimum atomic E-state index is 0.408. The highest BCUT2D eigenvalue weighted by Crippen LogP contribution is 2.26. The van der Waals surface area contributed by atoms with Crippen molar-refractivity contribution < 1.29 is 4.74 Å². The van der Waals surface area contributed by atoms with Crippen LogP contribution in [0.4, 0.5) is 0 Å². The molecule has 0 amide bonds. The lowest BCUT2D eigenvalue weighted by Gasteiger charge is -2.28. The zero-order valence-corrected chi connectivity index (χ0v) is 7.97. The lowest BCUT2D eigenvalue weighted by Crippen LogP contribution is -2.24. The number of rotatable bonds is 2. The largest absolute Gasteiger partial charge is 0.376 e. The van der Waals surface area contributed by atoms with Gasteiger partial charge in [-0.1, -0.05) is 19.8 Å². The van der Waals surface area contributed by atoms with Crippen LogP contribution < -0.4 is 0 Å². The fraction of sp³-hybridized carbons (Fsp3) is 1.00. The number of hydrogen-bond acceptors (Lipinski definition) is 1. The molecule has 0 aromatic carbocycles. The Hall–Kier alpha value is -0.0400. The SMILES string of the molecule is CC(C)O[C@@H]1CCC[C@H](C)C1. The van der Waals surface area contributed by atoms with E-state index in [-0.39, 0.29) is 0 Å². The Labute approximate surface area is 70.1 Å². The van der Waals surface area contributed by atoms with Crippen LogP contribution in [-0.2, 0) is 4.74 Å². The van der Waals surface area contributed by atoms with E-state index in [1.165, 1.54) is 25.7 Å². The second kappa shape index (κ2) is 4.10. The molecule has 1 saturated carbocycles. The van der Waals surface area contributed by atoms with Gasteiger partial charge in [0, 0.05) is 0 Å². The molecule has 0 spiro atoms. The quantitative estimate of drug-likeness (QED) is 0.597. The van der Waals surface area contributed by atoms with E-state index in [0.29, 0.717) is 12.2 Å². The Morgan fingerprint density at radius 3 is 2.55 bits per heavy atom. The average molecular weight is 156 g/mol. The van der Waals surface area contributed by atoms with Gasteiger partial charge in [0.25, 0.3) is 0 Å². The lowest BCUT2D eigenvalue weighted by atomic mass is 9.88. The van der Waals surface area contributed by atoms with Gasteiger partial charge >= 0.3 is 0 Å². The van der Waals surface area contributed by atoms with Crippen LogP contribution in [0, 0.1) is 5.92 Å². The molecule has 0 saturated heterocycles. The van der Waals surface area contributed by atoms with Crippen molar-refractivity contribution >= 4 is 0 Å². The predicted molar refractivity (Wildman–Crippen MR) is 47.6 cm³/mol. The Bertz CT molecular complexity index is 107. The van der Waals surface area contributed by atoms with E-state index < -0.39 is 0 Å². The summed E-state index contributed by atoms with van der Waals surface area (Å²) in [6.07, 6.45) is 6.28. The molecule has 0 heterocycles. The first kappa shape index (κ1) is 9.05. The summed E-state index contributed by atoms with van der Waals surface area (Å²) in [6.45, 7) is 6.58. The summed E-state index contributed by atoms with van der Waals surface area (Å²) >= 11 is 0. The van der Waals surface area contributed by atoms with Crippen LogP contribution >= 0.6 is 0 Å². The van der Waals surface area contributed by atoms with E-state index in [1.54, 1.807) is 0 Å². The van der Waals surface area contributed by atoms with Crippen LogP contribution in [0.15, 0.2) is 0 Å². The molecule has 0 aromatic rings. The highest BCUT2D eigenvalue weighted by molar-refractivity contribution is 4.70. The molecular weight excluding hydrogens is 136 g/mol. The fourth-order valence-corrected chi connectivity index (χ4v) is 1.89. The van der Waals surface area contributed by atoms with E-state index in [9.17, 15) is 0 Å². The summed E-state index contributed by atoms with van der Waals surface area (Å²) < 4.78 is 5.76. The number of ether oxygens (including phenoxy) is 1. The molecule has 1 heteroatoms. The Morgan fingerprint density at radius 2 is 2.00 bits per heavy atom. The normalized spacial score (nSPS) is 32.7. The molecule has 0 unspecified atom stereocenters. The van der Waals surface area contributed by atoms with Gasteiger partial charge in [0.15, 0.2) is 0 Å². The summed E-state index contributed by atoms with van der Waals surface area (Å²) in [7, 11) is 0. The summed E-state index contributed by atoms with van der Waals surface area (Å²) in [5, 5.41) is 0. The summed E-state index contributed by atoms with van der Waals surface area (Å²) in [5.74, 6) is 0.882. The van der Waals surface area contributed by atoms with Crippen molar-refractivity contribution in [1.82, 2.24) is 0 Å². The molecule has 0 N–H and O–H groups in total. The van der Waals surface area contributed by atoms with Gasteiger partial charge in [-0.3, -0.25) is 0 Å². The molecule has 1 aliphatic rings. The molecular formula is C10H20O. The molecule has 1 aliphatic carbocycles. The van der Waals surface area contributed by atoms with Gasteiger partial charge in [-0.15, -0.1) is 0 Å². The molecule has 2 atom stereocenters. The van der Waals surface area contributed by atoms with Gasteiger partial charge in [-0.25, -0.2) is 0 Å². The van der Waals surface area contributed by atoms with Crippen molar-refractivity contribution in [3.8, 4) is 0 Å². The molecule has 66 valence electrons. The van der Waals surface area contributed by atoms with Crippen molar-refractivity contribution in [3.63, 3.8) is 0 Å².